The van der Waals surface area contributed by atoms with Crippen molar-refractivity contribution in [1.82, 2.24) is 49.5 Å². The number of halogens is 6. The Kier molecular flexibility index (Phi) is 25.5. The summed E-state index contributed by atoms with van der Waals surface area (Å²) in [5.74, 6) is -2.39. The number of hydrogen-bond acceptors (Lipinski definition) is 23. The SMILES string of the molecule is C=CC(=O)N1CCN(c2nc(OC3CCN(C)CC3)nc3c(F)c(-c4cc(O)cc5ccccc45)c(Cl)cc23)CC1.CCC(C)Oc1nc(N2CCN(C(=O)C(O)O)CC2)c2cc(Cl)c(-c3cc(O)cc4ccccc34)c(F)c2n1.CC[C@@H](C)Oc1nc(N2CCN(C(=O)C(O)O)CC2)c2cc(Cl)c(-c3cc(O)cc4ccccc34)c(F)c2n1. The second-order valence-corrected chi connectivity index (χ2v) is 30.9. The quantitative estimate of drug-likeness (QED) is 0.0329. The molecule has 119 heavy (non-hydrogen) atoms. The topological polar surface area (TPSA) is 321 Å². The molecule has 3 amide bonds. The maximum Gasteiger partial charge on any atom is 0.319 e. The van der Waals surface area contributed by atoms with E-state index >= 15 is 13.2 Å². The first-order chi connectivity index (χ1) is 57.2. The van der Waals surface area contributed by atoms with Gasteiger partial charge in [0.1, 0.15) is 57.4 Å². The number of likely N-dealkylation sites (tertiary alicyclic amines) is 1. The van der Waals surface area contributed by atoms with Crippen LogP contribution in [0.25, 0.3) is 98.4 Å². The van der Waals surface area contributed by atoms with Crippen molar-refractivity contribution in [2.45, 2.75) is 84.3 Å². The van der Waals surface area contributed by atoms with Crippen molar-refractivity contribution in [1.29, 1.82) is 0 Å². The third-order valence-corrected chi connectivity index (χ3v) is 22.8. The van der Waals surface area contributed by atoms with Crippen molar-refractivity contribution in [3.05, 3.63) is 173 Å². The maximum absolute atomic E-state index is 16.6. The summed E-state index contributed by atoms with van der Waals surface area (Å²) in [4.78, 5) is 76.0. The fraction of sp³-hybridized carbons (Fsp3) is 0.322. The first kappa shape index (κ1) is 84.1. The van der Waals surface area contributed by atoms with E-state index in [0.717, 1.165) is 47.5 Å². The summed E-state index contributed by atoms with van der Waals surface area (Å²) < 4.78 is 67.6. The number of piperidine rings is 1. The molecule has 4 aliphatic rings. The van der Waals surface area contributed by atoms with E-state index in [2.05, 4.69) is 43.4 Å². The minimum atomic E-state index is -2.08. The number of nitrogens with zero attached hydrogens (tertiary/aromatic N) is 13. The van der Waals surface area contributed by atoms with Gasteiger partial charge in [-0.05, 0) is 156 Å². The van der Waals surface area contributed by atoms with Gasteiger partial charge in [-0.25, -0.2) is 13.2 Å². The van der Waals surface area contributed by atoms with E-state index in [9.17, 15) is 50.1 Å². The van der Waals surface area contributed by atoms with Crippen LogP contribution in [0.3, 0.4) is 0 Å². The number of rotatable bonds is 17. The first-order valence-corrected chi connectivity index (χ1v) is 40.2. The van der Waals surface area contributed by atoms with E-state index in [4.69, 9.17) is 54.0 Å². The molecule has 12 aromatic rings. The highest BCUT2D eigenvalue weighted by Gasteiger charge is 2.34. The van der Waals surface area contributed by atoms with E-state index in [1.165, 1.54) is 34.1 Å². The molecule has 9 aromatic carbocycles. The van der Waals surface area contributed by atoms with Crippen LogP contribution in [-0.4, -0.2) is 233 Å². The summed E-state index contributed by atoms with van der Waals surface area (Å²) in [5.41, 5.74) is 1.79. The van der Waals surface area contributed by atoms with Gasteiger partial charge >= 0.3 is 18.0 Å². The van der Waals surface area contributed by atoms with Gasteiger partial charge in [-0.1, -0.05) is 128 Å². The second-order valence-electron chi connectivity index (χ2n) is 29.6. The zero-order chi connectivity index (χ0) is 84.4. The highest BCUT2D eigenvalue weighted by atomic mass is 35.5. The van der Waals surface area contributed by atoms with Gasteiger partial charge in [-0.3, -0.25) is 14.4 Å². The molecule has 620 valence electrons. The van der Waals surface area contributed by atoms with Crippen LogP contribution >= 0.6 is 34.8 Å². The molecule has 0 aliphatic carbocycles. The zero-order valence-corrected chi connectivity index (χ0v) is 68.0. The lowest BCUT2D eigenvalue weighted by molar-refractivity contribution is -0.159. The fourth-order valence-electron chi connectivity index (χ4n) is 15.3. The number of aromatic nitrogens is 6. The molecule has 4 fully saturated rings. The highest BCUT2D eigenvalue weighted by Crippen LogP contribution is 2.47. The number of anilines is 3. The summed E-state index contributed by atoms with van der Waals surface area (Å²) >= 11 is 20.2. The first-order valence-electron chi connectivity index (χ1n) is 39.1. The monoisotopic (exact) mass is 1680 g/mol. The normalized spacial score (nSPS) is 15.5. The molecule has 0 saturated carbocycles. The summed E-state index contributed by atoms with van der Waals surface area (Å²) in [6.07, 6.45) is -0.359. The lowest BCUT2D eigenvalue weighted by Gasteiger charge is -2.36. The number of piperazine rings is 3. The molecule has 0 bridgehead atoms. The Morgan fingerprint density at radius 1 is 0.454 bits per heavy atom. The molecule has 3 aromatic heterocycles. The standard InChI is InChI=1S/C31H31ClFN5O3.2C28H28ClFN4O5/c1-3-26(40)37-12-14-38(15-13-37)30-24-18-25(32)27(23-17-20(39)16-19-6-4-5-7-22(19)23)28(33)29(24)34-31(35-30)41-21-8-10-36(2)11-9-21;2*1-3-15(2)39-28-31-24-20(25(32-28)33-8-10-34(11-9-33)26(36)27(37)38)14-21(29)22(23(24)30)19-13-17(35)12-16-6-4-5-7-18(16)19/h3-7,16-18,21,39H,1,8-15H2,2H3;2*4-7,12-15,27,35,37-38H,3,8-11H2,1-2H3/t;15-;/m.1./s1. The van der Waals surface area contributed by atoms with Gasteiger partial charge in [0.05, 0.1) is 27.3 Å². The molecule has 0 radical (unpaired) electrons. The molecule has 16 rings (SSSR count). The molecule has 32 heteroatoms. The summed E-state index contributed by atoms with van der Waals surface area (Å²) in [7, 11) is 2.07. The molecule has 4 aliphatic heterocycles. The van der Waals surface area contributed by atoms with Crippen molar-refractivity contribution < 1.29 is 77.5 Å². The third-order valence-electron chi connectivity index (χ3n) is 21.9. The van der Waals surface area contributed by atoms with E-state index in [1.54, 1.807) is 41.3 Å². The lowest BCUT2D eigenvalue weighted by Crippen LogP contribution is -2.51. The number of fused-ring (bicyclic) bond motifs is 6. The van der Waals surface area contributed by atoms with Gasteiger partial charge in [0.2, 0.25) is 18.5 Å². The van der Waals surface area contributed by atoms with Crippen molar-refractivity contribution >= 4 is 135 Å². The molecule has 4 saturated heterocycles. The van der Waals surface area contributed by atoms with Crippen LogP contribution < -0.4 is 28.9 Å². The van der Waals surface area contributed by atoms with Gasteiger partial charge in [0.25, 0.3) is 11.8 Å². The Hall–Kier alpha value is -11.4. The third kappa shape index (κ3) is 17.8. The number of carbonyl (C=O) groups is 3. The molecule has 0 spiro atoms. The van der Waals surface area contributed by atoms with E-state index in [1.807, 2.05) is 115 Å². The number of ether oxygens (including phenoxy) is 3. The summed E-state index contributed by atoms with van der Waals surface area (Å²) in [5, 5.41) is 74.2. The van der Waals surface area contributed by atoms with Crippen LogP contribution in [0.2, 0.25) is 15.1 Å². The predicted octanol–water partition coefficient (Wildman–Crippen LogP) is 13.4. The molecule has 2 atom stereocenters. The van der Waals surface area contributed by atoms with Crippen LogP contribution in [0.1, 0.15) is 53.4 Å². The van der Waals surface area contributed by atoms with Crippen LogP contribution in [0.4, 0.5) is 30.6 Å². The van der Waals surface area contributed by atoms with Gasteiger partial charge in [0.15, 0.2) is 17.5 Å². The number of hydrogen-bond donors (Lipinski definition) is 7. The van der Waals surface area contributed by atoms with Crippen molar-refractivity contribution in [3.63, 3.8) is 0 Å². The predicted molar refractivity (Wildman–Crippen MR) is 452 cm³/mol. The Balaban J connectivity index is 0.000000146. The van der Waals surface area contributed by atoms with Gasteiger partial charge in [0, 0.05) is 124 Å². The number of aliphatic hydroxyl groups excluding tert-OH is 2. The number of aromatic hydroxyl groups is 3. The smallest absolute Gasteiger partial charge is 0.319 e. The van der Waals surface area contributed by atoms with Gasteiger partial charge < -0.3 is 84.3 Å². The molecule has 26 nitrogen and oxygen atoms in total. The average Bonchev–Trinajstić information content (AvgIpc) is 0.752. The minimum absolute atomic E-state index is 0.00377. The minimum Gasteiger partial charge on any atom is -0.508 e. The van der Waals surface area contributed by atoms with Crippen LogP contribution in [0, 0.1) is 17.5 Å². The van der Waals surface area contributed by atoms with E-state index < -0.39 is 41.8 Å². The number of phenols is 3. The zero-order valence-electron chi connectivity index (χ0n) is 65.7. The second kappa shape index (κ2) is 36.0. The number of benzene rings is 9. The van der Waals surface area contributed by atoms with Crippen molar-refractivity contribution in [2.24, 2.45) is 0 Å². The number of amides is 3. The number of aliphatic hydroxyl groups is 4. The van der Waals surface area contributed by atoms with Gasteiger partial charge in [-0.2, -0.15) is 29.9 Å². The average molecular weight is 1690 g/mol. The molecular weight excluding hydrogens is 1600 g/mol. The van der Waals surface area contributed by atoms with Crippen molar-refractivity contribution in [3.8, 4) is 68.7 Å². The Labute approximate surface area is 697 Å². The van der Waals surface area contributed by atoms with Crippen LogP contribution in [0.5, 0.6) is 35.3 Å². The lowest BCUT2D eigenvalue weighted by atomic mass is 9.96. The molecule has 1 unspecified atom stereocenters. The fourth-order valence-corrected chi connectivity index (χ4v) is 16.1. The Bertz CT molecular complexity index is 5660. The molecule has 7 N–H and O–H groups in total. The Morgan fingerprint density at radius 2 is 0.765 bits per heavy atom. The summed E-state index contributed by atoms with van der Waals surface area (Å²) in [6.45, 7) is 17.0. The van der Waals surface area contributed by atoms with E-state index in [-0.39, 0.29) is 134 Å². The number of carbonyl (C=O) groups excluding carboxylic acids is 3. The highest BCUT2D eigenvalue weighted by molar-refractivity contribution is 6.36. The summed E-state index contributed by atoms with van der Waals surface area (Å²) in [6, 6.07) is 36.4. The van der Waals surface area contributed by atoms with Crippen molar-refractivity contribution in [2.75, 3.05) is 113 Å². The largest absolute Gasteiger partial charge is 0.508 e. The van der Waals surface area contributed by atoms with Crippen LogP contribution in [0.15, 0.2) is 140 Å². The maximum atomic E-state index is 16.6. The molecule has 7 heterocycles. The molecular formula is C87H87Cl3F3N13O13. The van der Waals surface area contributed by atoms with Gasteiger partial charge in [-0.15, -0.1) is 0 Å². The Morgan fingerprint density at radius 3 is 1.08 bits per heavy atom. The van der Waals surface area contributed by atoms with E-state index in [0.29, 0.717) is 126 Å². The van der Waals surface area contributed by atoms with Crippen LogP contribution in [-0.2, 0) is 14.4 Å². The number of phenolic OH excluding ortho intramolecular Hbond substituents is 3.